The van der Waals surface area contributed by atoms with Gasteiger partial charge in [-0.3, -0.25) is 0 Å². The van der Waals surface area contributed by atoms with Gasteiger partial charge in [0.15, 0.2) is 0 Å². The second-order valence-corrected chi connectivity index (χ2v) is 9.96. The Morgan fingerprint density at radius 3 is 2.56 bits per heavy atom. The molecule has 4 fully saturated rings. The van der Waals surface area contributed by atoms with Gasteiger partial charge in [-0.25, -0.2) is 0 Å². The highest BCUT2D eigenvalue weighted by Gasteiger charge is 2.61. The first kappa shape index (κ1) is 17.8. The molecule has 0 bridgehead atoms. The second-order valence-electron chi connectivity index (χ2n) is 9.96. The second kappa shape index (κ2) is 6.24. The summed E-state index contributed by atoms with van der Waals surface area (Å²) in [5, 5.41) is 20.2. The number of aliphatic hydroxyl groups is 1. The van der Waals surface area contributed by atoms with E-state index in [0.29, 0.717) is 17.9 Å². The molecule has 0 heterocycles. The van der Waals surface area contributed by atoms with Gasteiger partial charge in [-0.1, -0.05) is 13.8 Å². The van der Waals surface area contributed by atoms with Crippen molar-refractivity contribution in [3.63, 3.8) is 0 Å². The van der Waals surface area contributed by atoms with Crippen LogP contribution in [0.4, 0.5) is 0 Å². The molecule has 1 N–H and O–H groups in total. The van der Waals surface area contributed by atoms with E-state index in [9.17, 15) is 10.4 Å². The van der Waals surface area contributed by atoms with Crippen molar-refractivity contribution >= 4 is 0 Å². The van der Waals surface area contributed by atoms with Crippen LogP contribution < -0.4 is 0 Å². The first-order valence-corrected chi connectivity index (χ1v) is 10.6. The summed E-state index contributed by atoms with van der Waals surface area (Å²) in [6.45, 7) is 7.65. The summed E-state index contributed by atoms with van der Waals surface area (Å²) in [6, 6.07) is 2.64. The molecule has 140 valence electrons. The van der Waals surface area contributed by atoms with Crippen LogP contribution >= 0.6 is 0 Å². The largest absolute Gasteiger partial charge is 0.390 e. The van der Waals surface area contributed by atoms with E-state index in [1.807, 2.05) is 6.92 Å². The maximum Gasteiger partial charge on any atom is 0.0839 e. The summed E-state index contributed by atoms with van der Waals surface area (Å²) in [7, 11) is 0. The summed E-state index contributed by atoms with van der Waals surface area (Å²) >= 11 is 0. The molecule has 3 heteroatoms. The lowest BCUT2D eigenvalue weighted by Crippen LogP contribution is -2.57. The first-order valence-electron chi connectivity index (χ1n) is 10.6. The number of ether oxygens (including phenoxy) is 1. The predicted octanol–water partition coefficient (Wildman–Crippen LogP) is 4.54. The van der Waals surface area contributed by atoms with Gasteiger partial charge in [0.2, 0.25) is 0 Å². The van der Waals surface area contributed by atoms with Crippen LogP contribution in [-0.4, -0.2) is 23.9 Å². The van der Waals surface area contributed by atoms with Crippen LogP contribution in [-0.2, 0) is 4.74 Å². The molecule has 4 rings (SSSR count). The minimum Gasteiger partial charge on any atom is -0.390 e. The average Bonchev–Trinajstić information content (AvgIpc) is 2.93. The van der Waals surface area contributed by atoms with Crippen molar-refractivity contribution in [2.45, 2.75) is 84.3 Å². The molecular weight excluding hydrogens is 310 g/mol. The summed E-state index contributed by atoms with van der Waals surface area (Å²) in [5.41, 5.74) is 0.570. The molecule has 4 aliphatic rings. The van der Waals surface area contributed by atoms with E-state index in [1.54, 1.807) is 0 Å². The molecule has 0 aromatic carbocycles. The molecular formula is C22H35NO2. The van der Waals surface area contributed by atoms with E-state index in [-0.39, 0.29) is 23.5 Å². The van der Waals surface area contributed by atoms with Crippen LogP contribution in [0.15, 0.2) is 0 Å². The molecule has 0 spiro atoms. The Morgan fingerprint density at radius 2 is 1.84 bits per heavy atom. The van der Waals surface area contributed by atoms with Crippen molar-refractivity contribution in [3.8, 4) is 6.07 Å². The summed E-state index contributed by atoms with van der Waals surface area (Å²) in [5.74, 6) is 3.21. The normalized spacial score (nSPS) is 54.9. The van der Waals surface area contributed by atoms with Crippen LogP contribution in [0.3, 0.4) is 0 Å². The highest BCUT2D eigenvalue weighted by atomic mass is 16.5. The quantitative estimate of drug-likeness (QED) is 0.799. The van der Waals surface area contributed by atoms with E-state index < -0.39 is 0 Å². The van der Waals surface area contributed by atoms with E-state index in [0.717, 1.165) is 37.0 Å². The molecule has 0 aliphatic heterocycles. The zero-order valence-corrected chi connectivity index (χ0v) is 16.2. The average molecular weight is 346 g/mol. The Balaban J connectivity index is 1.60. The molecule has 0 saturated heterocycles. The van der Waals surface area contributed by atoms with Gasteiger partial charge in [-0.05, 0) is 92.8 Å². The van der Waals surface area contributed by atoms with Crippen molar-refractivity contribution in [3.05, 3.63) is 0 Å². The third-order valence-corrected chi connectivity index (χ3v) is 9.20. The molecule has 0 amide bonds. The first-order chi connectivity index (χ1) is 11.9. The van der Waals surface area contributed by atoms with Crippen LogP contribution in [0, 0.1) is 51.8 Å². The van der Waals surface area contributed by atoms with Gasteiger partial charge in [-0.15, -0.1) is 0 Å². The highest BCUT2D eigenvalue weighted by Crippen LogP contribution is 2.67. The van der Waals surface area contributed by atoms with Crippen molar-refractivity contribution in [1.29, 1.82) is 5.26 Å². The third-order valence-electron chi connectivity index (χ3n) is 9.20. The van der Waals surface area contributed by atoms with Gasteiger partial charge >= 0.3 is 0 Å². The van der Waals surface area contributed by atoms with Crippen LogP contribution in [0.25, 0.3) is 0 Å². The number of hydrogen-bond acceptors (Lipinski definition) is 3. The standard InChI is InChI=1S/C22H35NO2/c1-4-25-20-12-22(3)14(11-19(20)24)5-7-16-17-8-6-15(13-23)21(17,2)10-9-18(16)22/h14-20,24H,4-12H2,1-3H3/t14-,15-,16-,17?,18-,19-,20-,21+,22-/m0/s1. The Hall–Kier alpha value is -0.590. The number of hydrogen-bond donors (Lipinski definition) is 1. The van der Waals surface area contributed by atoms with Crippen molar-refractivity contribution in [2.24, 2.45) is 40.4 Å². The summed E-state index contributed by atoms with van der Waals surface area (Å²) in [4.78, 5) is 0. The van der Waals surface area contributed by atoms with Gasteiger partial charge in [0.1, 0.15) is 0 Å². The minimum atomic E-state index is -0.280. The fourth-order valence-corrected chi connectivity index (χ4v) is 7.85. The Morgan fingerprint density at radius 1 is 1.08 bits per heavy atom. The molecule has 3 nitrogen and oxygen atoms in total. The Kier molecular flexibility index (Phi) is 4.44. The zero-order chi connectivity index (χ0) is 17.8. The van der Waals surface area contributed by atoms with Gasteiger partial charge in [0, 0.05) is 6.61 Å². The fraction of sp³-hybridized carbons (Fsp3) is 0.955. The minimum absolute atomic E-state index is 0.0220. The van der Waals surface area contributed by atoms with Crippen molar-refractivity contribution < 1.29 is 9.84 Å². The fourth-order valence-electron chi connectivity index (χ4n) is 7.85. The number of nitriles is 1. The molecule has 0 radical (unpaired) electrons. The number of aliphatic hydroxyl groups excluding tert-OH is 1. The van der Waals surface area contributed by atoms with E-state index in [1.165, 1.54) is 32.1 Å². The van der Waals surface area contributed by atoms with Gasteiger partial charge < -0.3 is 9.84 Å². The molecule has 0 aromatic heterocycles. The molecule has 4 saturated carbocycles. The van der Waals surface area contributed by atoms with Gasteiger partial charge in [0.25, 0.3) is 0 Å². The maximum absolute atomic E-state index is 10.5. The van der Waals surface area contributed by atoms with Crippen LogP contribution in [0.1, 0.15) is 72.1 Å². The predicted molar refractivity (Wildman–Crippen MR) is 97.6 cm³/mol. The Labute approximate surface area is 153 Å². The number of rotatable bonds is 2. The lowest BCUT2D eigenvalue weighted by molar-refractivity contribution is -0.169. The zero-order valence-electron chi connectivity index (χ0n) is 16.2. The maximum atomic E-state index is 10.5. The van der Waals surface area contributed by atoms with Crippen molar-refractivity contribution in [2.75, 3.05) is 6.61 Å². The third kappa shape index (κ3) is 2.51. The molecule has 9 atom stereocenters. The lowest BCUT2D eigenvalue weighted by Gasteiger charge is -2.61. The van der Waals surface area contributed by atoms with Crippen LogP contribution in [0.5, 0.6) is 0 Å². The number of fused-ring (bicyclic) bond motifs is 5. The summed E-state index contributed by atoms with van der Waals surface area (Å²) in [6.07, 6.45) is 9.14. The van der Waals surface area contributed by atoms with Gasteiger partial charge in [0.05, 0.1) is 24.2 Å². The summed E-state index contributed by atoms with van der Waals surface area (Å²) < 4.78 is 5.94. The van der Waals surface area contributed by atoms with Crippen LogP contribution in [0.2, 0.25) is 0 Å². The van der Waals surface area contributed by atoms with E-state index >= 15 is 0 Å². The SMILES string of the molecule is CCO[C@H]1C[C@@]2(C)[C@@H](CC[C@H]3C4CC[C@@H](C#N)[C@@]4(C)CC[C@@H]32)C[C@@H]1O. The molecule has 0 aromatic rings. The molecule has 4 aliphatic carbocycles. The van der Waals surface area contributed by atoms with E-state index in [2.05, 4.69) is 19.9 Å². The van der Waals surface area contributed by atoms with Gasteiger partial charge in [-0.2, -0.15) is 5.26 Å². The lowest BCUT2D eigenvalue weighted by atomic mass is 9.44. The van der Waals surface area contributed by atoms with Crippen molar-refractivity contribution in [1.82, 2.24) is 0 Å². The Bertz CT molecular complexity index is 557. The molecule has 25 heavy (non-hydrogen) atoms. The highest BCUT2D eigenvalue weighted by molar-refractivity contribution is 5.13. The monoisotopic (exact) mass is 345 g/mol. The van der Waals surface area contributed by atoms with E-state index in [4.69, 9.17) is 4.74 Å². The smallest absolute Gasteiger partial charge is 0.0839 e. The topological polar surface area (TPSA) is 53.2 Å². The molecule has 1 unspecified atom stereocenters. The number of nitrogens with zero attached hydrogens (tertiary/aromatic N) is 1.